The number of benzene rings is 2. The molecule has 1 N–H and O–H groups in total. The number of ether oxygens (including phenoxy) is 1. The summed E-state index contributed by atoms with van der Waals surface area (Å²) < 4.78 is 6.80. The predicted octanol–water partition coefficient (Wildman–Crippen LogP) is 4.45. The number of pyridine rings is 2. The lowest BCUT2D eigenvalue weighted by Gasteiger charge is -2.31. The molecule has 0 amide bonds. The largest absolute Gasteiger partial charge is 0.458 e. The third kappa shape index (κ3) is 3.16. The first kappa shape index (κ1) is 22.4. The molecule has 1 atom stereocenters. The Bertz CT molecular complexity index is 1660. The summed E-state index contributed by atoms with van der Waals surface area (Å²) in [5.41, 5.74) is 5.49. The maximum atomic E-state index is 13.4. The van der Waals surface area contributed by atoms with Crippen molar-refractivity contribution in [3.8, 4) is 11.4 Å². The van der Waals surface area contributed by atoms with Gasteiger partial charge in [0.25, 0.3) is 5.56 Å². The Hall–Kier alpha value is -4.10. The van der Waals surface area contributed by atoms with Gasteiger partial charge in [-0.15, -0.1) is 0 Å². The second kappa shape index (κ2) is 7.96. The molecule has 4 heterocycles. The van der Waals surface area contributed by atoms with Gasteiger partial charge in [-0.25, -0.2) is 9.78 Å². The van der Waals surface area contributed by atoms with Crippen molar-refractivity contribution in [2.75, 3.05) is 0 Å². The van der Waals surface area contributed by atoms with Gasteiger partial charge in [0.2, 0.25) is 0 Å². The normalized spacial score (nSPS) is 18.3. The number of aromatic nitrogens is 2. The molecular weight excluding hydrogens is 454 g/mol. The molecule has 2 aliphatic rings. The fourth-order valence-electron chi connectivity index (χ4n) is 5.28. The Morgan fingerprint density at radius 2 is 1.89 bits per heavy atom. The standard InChI is InChI=1S/C29H25N3O4/c1-4-29(35)22-12-23-26-20(14-32(23)27(33)21(22)15-36-28(29)34)11-18-9-6-10-19(25(18)31-26)13-30-24-16(2)7-5-8-17(24)3/h5-13,35H,4,14-15H2,1-3H3/t29-/m0/s1. The van der Waals surface area contributed by atoms with E-state index in [0.29, 0.717) is 29.1 Å². The van der Waals surface area contributed by atoms with E-state index >= 15 is 0 Å². The van der Waals surface area contributed by atoms with Crippen LogP contribution in [0.15, 0.2) is 58.3 Å². The zero-order valence-corrected chi connectivity index (χ0v) is 20.3. The Morgan fingerprint density at radius 1 is 1.14 bits per heavy atom. The van der Waals surface area contributed by atoms with Crippen LogP contribution in [-0.4, -0.2) is 26.8 Å². The molecule has 180 valence electrons. The Kier molecular flexibility index (Phi) is 4.95. The number of fused-ring (bicyclic) bond motifs is 5. The molecule has 0 fully saturated rings. The molecule has 2 aliphatic heterocycles. The van der Waals surface area contributed by atoms with Gasteiger partial charge >= 0.3 is 5.97 Å². The van der Waals surface area contributed by atoms with Crippen LogP contribution in [0.1, 0.15) is 46.7 Å². The number of hydrogen-bond donors (Lipinski definition) is 1. The lowest BCUT2D eigenvalue weighted by atomic mass is 9.86. The Balaban J connectivity index is 1.53. The number of carbonyl (C=O) groups is 1. The molecular formula is C29H25N3O4. The van der Waals surface area contributed by atoms with Crippen LogP contribution >= 0.6 is 0 Å². The van der Waals surface area contributed by atoms with Crippen molar-refractivity contribution in [1.82, 2.24) is 9.55 Å². The Labute approximate surface area is 207 Å². The van der Waals surface area contributed by atoms with Crippen molar-refractivity contribution >= 4 is 28.8 Å². The van der Waals surface area contributed by atoms with Crippen LogP contribution in [0.3, 0.4) is 0 Å². The number of esters is 1. The first-order valence-corrected chi connectivity index (χ1v) is 12.0. The maximum Gasteiger partial charge on any atom is 0.343 e. The van der Waals surface area contributed by atoms with Gasteiger partial charge in [0.15, 0.2) is 5.60 Å². The molecule has 36 heavy (non-hydrogen) atoms. The SMILES string of the molecule is CC[C@@]1(O)C(=O)OCc2c1cc1n(c2=O)Cc2cc3cccc(C=Nc4c(C)cccc4C)c3nc2-1. The number of para-hydroxylation sites is 2. The third-order valence-corrected chi connectivity index (χ3v) is 7.34. The van der Waals surface area contributed by atoms with Crippen LogP contribution < -0.4 is 5.56 Å². The number of aliphatic imine (C=N–C) groups is 1. The fourth-order valence-corrected chi connectivity index (χ4v) is 5.28. The molecule has 0 bridgehead atoms. The summed E-state index contributed by atoms with van der Waals surface area (Å²) in [5, 5.41) is 12.0. The summed E-state index contributed by atoms with van der Waals surface area (Å²) in [6.45, 7) is 6.01. The highest BCUT2D eigenvalue weighted by Gasteiger charge is 2.45. The van der Waals surface area contributed by atoms with Gasteiger partial charge in [-0.3, -0.25) is 9.79 Å². The second-order valence-electron chi connectivity index (χ2n) is 9.52. The molecule has 0 spiro atoms. The van der Waals surface area contributed by atoms with Crippen LogP contribution in [-0.2, 0) is 28.3 Å². The zero-order chi connectivity index (χ0) is 25.2. The lowest BCUT2D eigenvalue weighted by Crippen LogP contribution is -2.44. The van der Waals surface area contributed by atoms with Crippen molar-refractivity contribution in [1.29, 1.82) is 0 Å². The van der Waals surface area contributed by atoms with Crippen LogP contribution in [0, 0.1) is 13.8 Å². The van der Waals surface area contributed by atoms with Gasteiger partial charge in [-0.1, -0.05) is 43.3 Å². The average molecular weight is 480 g/mol. The van der Waals surface area contributed by atoms with E-state index in [4.69, 9.17) is 14.7 Å². The second-order valence-corrected chi connectivity index (χ2v) is 9.52. The molecule has 7 nitrogen and oxygen atoms in total. The van der Waals surface area contributed by atoms with E-state index in [1.165, 1.54) is 0 Å². The molecule has 2 aromatic heterocycles. The van der Waals surface area contributed by atoms with E-state index in [0.717, 1.165) is 38.8 Å². The first-order valence-electron chi connectivity index (χ1n) is 12.0. The fraction of sp³-hybridized carbons (Fsp3) is 0.241. The average Bonchev–Trinajstić information content (AvgIpc) is 3.23. The highest BCUT2D eigenvalue weighted by molar-refractivity contribution is 5.99. The first-order chi connectivity index (χ1) is 17.3. The van der Waals surface area contributed by atoms with E-state index in [2.05, 4.69) is 0 Å². The summed E-state index contributed by atoms with van der Waals surface area (Å²) in [7, 11) is 0. The molecule has 4 aromatic rings. The summed E-state index contributed by atoms with van der Waals surface area (Å²) >= 11 is 0. The van der Waals surface area contributed by atoms with Gasteiger partial charge in [-0.2, -0.15) is 0 Å². The maximum absolute atomic E-state index is 13.4. The lowest BCUT2D eigenvalue weighted by molar-refractivity contribution is -0.172. The highest BCUT2D eigenvalue weighted by Crippen LogP contribution is 2.38. The molecule has 0 saturated heterocycles. The Morgan fingerprint density at radius 3 is 2.64 bits per heavy atom. The molecule has 0 aliphatic carbocycles. The van der Waals surface area contributed by atoms with Crippen molar-refractivity contribution in [2.45, 2.75) is 45.9 Å². The number of aliphatic hydroxyl groups is 1. The van der Waals surface area contributed by atoms with Crippen LogP contribution in [0.2, 0.25) is 0 Å². The molecule has 0 unspecified atom stereocenters. The minimum Gasteiger partial charge on any atom is -0.458 e. The van der Waals surface area contributed by atoms with Gasteiger partial charge in [0, 0.05) is 28.3 Å². The van der Waals surface area contributed by atoms with Crippen LogP contribution in [0.4, 0.5) is 5.69 Å². The van der Waals surface area contributed by atoms with E-state index in [1.54, 1.807) is 17.6 Å². The molecule has 6 rings (SSSR count). The number of carbonyl (C=O) groups excluding carboxylic acids is 1. The topological polar surface area (TPSA) is 93.8 Å². The zero-order valence-electron chi connectivity index (χ0n) is 20.3. The summed E-state index contributed by atoms with van der Waals surface area (Å²) in [5.74, 6) is -0.725. The van der Waals surface area contributed by atoms with Gasteiger partial charge in [0.05, 0.1) is 34.7 Å². The quantitative estimate of drug-likeness (QED) is 0.305. The van der Waals surface area contributed by atoms with Crippen molar-refractivity contribution in [3.63, 3.8) is 0 Å². The minimum absolute atomic E-state index is 0.110. The van der Waals surface area contributed by atoms with E-state index < -0.39 is 11.6 Å². The number of nitrogens with zero attached hydrogens (tertiary/aromatic N) is 3. The molecule has 0 radical (unpaired) electrons. The van der Waals surface area contributed by atoms with Gasteiger partial charge in [-0.05, 0) is 43.5 Å². The number of hydrogen-bond acceptors (Lipinski definition) is 6. The van der Waals surface area contributed by atoms with E-state index in [9.17, 15) is 14.7 Å². The minimum atomic E-state index is -1.84. The van der Waals surface area contributed by atoms with Crippen molar-refractivity contribution in [2.24, 2.45) is 4.99 Å². The van der Waals surface area contributed by atoms with Crippen LogP contribution in [0.25, 0.3) is 22.3 Å². The number of cyclic esters (lactones) is 1. The predicted molar refractivity (Wildman–Crippen MR) is 138 cm³/mol. The van der Waals surface area contributed by atoms with Crippen LogP contribution in [0.5, 0.6) is 0 Å². The monoisotopic (exact) mass is 479 g/mol. The number of aryl methyl sites for hydroxylation is 2. The smallest absolute Gasteiger partial charge is 0.343 e. The number of rotatable bonds is 3. The molecule has 2 aromatic carbocycles. The van der Waals surface area contributed by atoms with E-state index in [1.807, 2.05) is 62.5 Å². The van der Waals surface area contributed by atoms with Gasteiger partial charge < -0.3 is 14.4 Å². The summed E-state index contributed by atoms with van der Waals surface area (Å²) in [4.78, 5) is 35.5. The molecule has 0 saturated carbocycles. The summed E-state index contributed by atoms with van der Waals surface area (Å²) in [6, 6.07) is 15.8. The molecule has 7 heteroatoms. The van der Waals surface area contributed by atoms with Gasteiger partial charge in [0.1, 0.15) is 6.61 Å². The highest BCUT2D eigenvalue weighted by atomic mass is 16.6. The van der Waals surface area contributed by atoms with E-state index in [-0.39, 0.29) is 18.6 Å². The summed E-state index contributed by atoms with van der Waals surface area (Å²) in [6.07, 6.45) is 1.94. The van der Waals surface area contributed by atoms with Crippen molar-refractivity contribution in [3.05, 3.63) is 92.3 Å². The third-order valence-electron chi connectivity index (χ3n) is 7.34. The van der Waals surface area contributed by atoms with Crippen molar-refractivity contribution < 1.29 is 14.6 Å².